The Bertz CT molecular complexity index is 352. The van der Waals surface area contributed by atoms with Crippen molar-refractivity contribution >= 4 is 0 Å². The molecule has 1 atom stereocenters. The first-order chi connectivity index (χ1) is 7.72. The van der Waals surface area contributed by atoms with Crippen molar-refractivity contribution in [1.82, 2.24) is 0 Å². The van der Waals surface area contributed by atoms with E-state index in [0.29, 0.717) is 18.1 Å². The highest BCUT2D eigenvalue weighted by atomic mass is 16.5. The lowest BCUT2D eigenvalue weighted by Crippen LogP contribution is -2.14. The van der Waals surface area contributed by atoms with Gasteiger partial charge in [-0.2, -0.15) is 0 Å². The van der Waals surface area contributed by atoms with Crippen LogP contribution in [0.5, 0.6) is 11.5 Å². The van der Waals surface area contributed by atoms with Gasteiger partial charge in [-0.15, -0.1) is 0 Å². The van der Waals surface area contributed by atoms with Crippen molar-refractivity contribution in [2.24, 2.45) is 5.73 Å². The van der Waals surface area contributed by atoms with Crippen molar-refractivity contribution in [2.45, 2.75) is 6.04 Å². The van der Waals surface area contributed by atoms with E-state index >= 15 is 0 Å². The van der Waals surface area contributed by atoms with E-state index in [1.54, 1.807) is 31.4 Å². The summed E-state index contributed by atoms with van der Waals surface area (Å²) in [7, 11) is 1.57. The van der Waals surface area contributed by atoms with E-state index in [1.807, 2.05) is 0 Å². The van der Waals surface area contributed by atoms with Gasteiger partial charge >= 0.3 is 0 Å². The molecule has 0 aliphatic heterocycles. The van der Waals surface area contributed by atoms with Crippen molar-refractivity contribution in [3.05, 3.63) is 36.4 Å². The van der Waals surface area contributed by atoms with Crippen molar-refractivity contribution in [3.63, 3.8) is 0 Å². The maximum atomic E-state index is 8.97. The zero-order valence-corrected chi connectivity index (χ0v) is 9.35. The largest absolute Gasteiger partial charge is 0.493 e. The lowest BCUT2D eigenvalue weighted by molar-refractivity contribution is 0.267. The number of ether oxygens (including phenoxy) is 2. The van der Waals surface area contributed by atoms with Gasteiger partial charge in [0.05, 0.1) is 19.8 Å². The monoisotopic (exact) mass is 223 g/mol. The van der Waals surface area contributed by atoms with Crippen LogP contribution in [0.15, 0.2) is 30.9 Å². The summed E-state index contributed by atoms with van der Waals surface area (Å²) in [6, 6.07) is 4.93. The standard InChI is InChI=1S/C12H17NO3/c1-3-6-16-12-7-9(10(13)8-14)4-5-11(12)15-2/h3-5,7,10,14H,1,6,8,13H2,2H3/t10-/m0/s1. The predicted octanol–water partition coefficient (Wildman–Crippen LogP) is 1.25. The minimum Gasteiger partial charge on any atom is -0.493 e. The first-order valence-electron chi connectivity index (χ1n) is 5.01. The second kappa shape index (κ2) is 6.15. The molecule has 0 amide bonds. The van der Waals surface area contributed by atoms with Gasteiger partial charge in [0.2, 0.25) is 0 Å². The van der Waals surface area contributed by atoms with Gasteiger partial charge in [0, 0.05) is 0 Å². The van der Waals surface area contributed by atoms with Crippen LogP contribution in [0, 0.1) is 0 Å². The summed E-state index contributed by atoms with van der Waals surface area (Å²) in [5.41, 5.74) is 6.52. The summed E-state index contributed by atoms with van der Waals surface area (Å²) in [5, 5.41) is 8.97. The molecule has 0 saturated heterocycles. The molecule has 1 rings (SSSR count). The Labute approximate surface area is 95.3 Å². The van der Waals surface area contributed by atoms with Crippen LogP contribution in [0.2, 0.25) is 0 Å². The smallest absolute Gasteiger partial charge is 0.161 e. The molecule has 0 aromatic heterocycles. The predicted molar refractivity (Wildman–Crippen MR) is 62.7 cm³/mol. The SMILES string of the molecule is C=CCOc1cc([C@@H](N)CO)ccc1OC. The Balaban J connectivity index is 2.95. The minimum atomic E-state index is -0.406. The molecule has 0 fully saturated rings. The highest BCUT2D eigenvalue weighted by Gasteiger charge is 2.09. The molecule has 4 heteroatoms. The molecule has 88 valence electrons. The van der Waals surface area contributed by atoms with Crippen LogP contribution in [-0.4, -0.2) is 25.4 Å². The fraction of sp³-hybridized carbons (Fsp3) is 0.333. The molecule has 16 heavy (non-hydrogen) atoms. The number of methoxy groups -OCH3 is 1. The normalized spacial score (nSPS) is 11.9. The summed E-state index contributed by atoms with van der Waals surface area (Å²) >= 11 is 0. The fourth-order valence-corrected chi connectivity index (χ4v) is 1.29. The molecule has 0 bridgehead atoms. The Kier molecular flexibility index (Phi) is 4.82. The summed E-state index contributed by atoms with van der Waals surface area (Å²) in [4.78, 5) is 0. The molecule has 0 saturated carbocycles. The van der Waals surface area contributed by atoms with Crippen molar-refractivity contribution in [2.75, 3.05) is 20.3 Å². The maximum absolute atomic E-state index is 8.97. The molecular weight excluding hydrogens is 206 g/mol. The summed E-state index contributed by atoms with van der Waals surface area (Å²) in [6.45, 7) is 3.87. The average molecular weight is 223 g/mol. The molecule has 0 heterocycles. The molecule has 0 unspecified atom stereocenters. The van der Waals surface area contributed by atoms with Gasteiger partial charge < -0.3 is 20.3 Å². The zero-order valence-electron chi connectivity index (χ0n) is 9.35. The lowest BCUT2D eigenvalue weighted by atomic mass is 10.1. The van der Waals surface area contributed by atoms with Crippen LogP contribution in [0.1, 0.15) is 11.6 Å². The Morgan fingerprint density at radius 3 is 2.81 bits per heavy atom. The van der Waals surface area contributed by atoms with Gasteiger partial charge in [-0.3, -0.25) is 0 Å². The van der Waals surface area contributed by atoms with Crippen molar-refractivity contribution in [1.29, 1.82) is 0 Å². The Morgan fingerprint density at radius 1 is 1.50 bits per heavy atom. The molecule has 3 N–H and O–H groups in total. The van der Waals surface area contributed by atoms with Gasteiger partial charge in [0.1, 0.15) is 6.61 Å². The van der Waals surface area contributed by atoms with Crippen molar-refractivity contribution in [3.8, 4) is 11.5 Å². The van der Waals surface area contributed by atoms with E-state index < -0.39 is 6.04 Å². The zero-order chi connectivity index (χ0) is 12.0. The molecule has 1 aromatic carbocycles. The molecule has 0 aliphatic rings. The number of rotatable bonds is 6. The number of nitrogens with two attached hydrogens (primary N) is 1. The highest BCUT2D eigenvalue weighted by molar-refractivity contribution is 5.43. The van der Waals surface area contributed by atoms with E-state index in [4.69, 9.17) is 20.3 Å². The second-order valence-corrected chi connectivity index (χ2v) is 3.30. The van der Waals surface area contributed by atoms with E-state index in [2.05, 4.69) is 6.58 Å². The average Bonchev–Trinajstić information content (AvgIpc) is 2.34. The highest BCUT2D eigenvalue weighted by Crippen LogP contribution is 2.29. The third-order valence-electron chi connectivity index (χ3n) is 2.17. The molecule has 0 radical (unpaired) electrons. The quantitative estimate of drug-likeness (QED) is 0.712. The van der Waals surface area contributed by atoms with Gasteiger partial charge in [-0.1, -0.05) is 18.7 Å². The van der Waals surface area contributed by atoms with Crippen LogP contribution in [0.4, 0.5) is 0 Å². The molecule has 4 nitrogen and oxygen atoms in total. The van der Waals surface area contributed by atoms with E-state index in [9.17, 15) is 0 Å². The number of hydrogen-bond acceptors (Lipinski definition) is 4. The van der Waals surface area contributed by atoms with Gasteiger partial charge in [-0.25, -0.2) is 0 Å². The summed E-state index contributed by atoms with van der Waals surface area (Å²) in [6.07, 6.45) is 1.65. The first kappa shape index (κ1) is 12.5. The van der Waals surface area contributed by atoms with Gasteiger partial charge in [0.15, 0.2) is 11.5 Å². The summed E-state index contributed by atoms with van der Waals surface area (Å²) < 4.78 is 10.6. The number of benzene rings is 1. The topological polar surface area (TPSA) is 64.7 Å². The van der Waals surface area contributed by atoms with E-state index in [1.165, 1.54) is 0 Å². The van der Waals surface area contributed by atoms with Crippen LogP contribution in [0.25, 0.3) is 0 Å². The third-order valence-corrected chi connectivity index (χ3v) is 2.17. The molecular formula is C12H17NO3. The van der Waals surface area contributed by atoms with Crippen LogP contribution in [0.3, 0.4) is 0 Å². The Morgan fingerprint density at radius 2 is 2.25 bits per heavy atom. The van der Waals surface area contributed by atoms with Gasteiger partial charge in [0.25, 0.3) is 0 Å². The Hall–Kier alpha value is -1.52. The van der Waals surface area contributed by atoms with E-state index in [0.717, 1.165) is 5.56 Å². The first-order valence-corrected chi connectivity index (χ1v) is 5.01. The van der Waals surface area contributed by atoms with Gasteiger partial charge in [-0.05, 0) is 17.7 Å². The number of aliphatic hydroxyl groups is 1. The van der Waals surface area contributed by atoms with Crippen molar-refractivity contribution < 1.29 is 14.6 Å². The lowest BCUT2D eigenvalue weighted by Gasteiger charge is -2.13. The maximum Gasteiger partial charge on any atom is 0.161 e. The number of aliphatic hydroxyl groups excluding tert-OH is 1. The second-order valence-electron chi connectivity index (χ2n) is 3.30. The molecule has 1 aromatic rings. The molecule has 0 spiro atoms. The third kappa shape index (κ3) is 2.98. The fourth-order valence-electron chi connectivity index (χ4n) is 1.29. The van der Waals surface area contributed by atoms with Crippen LogP contribution in [-0.2, 0) is 0 Å². The van der Waals surface area contributed by atoms with Crippen LogP contribution >= 0.6 is 0 Å². The van der Waals surface area contributed by atoms with Crippen LogP contribution < -0.4 is 15.2 Å². The minimum absolute atomic E-state index is 0.104. The number of hydrogen-bond donors (Lipinski definition) is 2. The van der Waals surface area contributed by atoms with E-state index in [-0.39, 0.29) is 6.61 Å². The summed E-state index contributed by atoms with van der Waals surface area (Å²) in [5.74, 6) is 1.24. The molecule has 0 aliphatic carbocycles.